The van der Waals surface area contributed by atoms with Crippen molar-refractivity contribution in [1.29, 1.82) is 0 Å². The largest absolute Gasteiger partial charge is 0.481 e. The summed E-state index contributed by atoms with van der Waals surface area (Å²) in [6.07, 6.45) is 2.86. The number of halogens is 2. The van der Waals surface area contributed by atoms with E-state index in [2.05, 4.69) is 5.32 Å². The fourth-order valence-electron chi connectivity index (χ4n) is 2.01. The van der Waals surface area contributed by atoms with Crippen LogP contribution < -0.4 is 5.32 Å². The molecule has 2 atom stereocenters. The zero-order chi connectivity index (χ0) is 15.4. The first-order chi connectivity index (χ1) is 9.95. The summed E-state index contributed by atoms with van der Waals surface area (Å²) in [6, 6.07) is 4.39. The third kappa shape index (κ3) is 4.46. The van der Waals surface area contributed by atoms with Gasteiger partial charge in [0, 0.05) is 16.1 Å². The average Bonchev–Trinajstić information content (AvgIpc) is 2.83. The smallest absolute Gasteiger partial charge is 0.311 e. The molecular formula is C14H13Cl2NO4. The van der Waals surface area contributed by atoms with Gasteiger partial charge in [-0.05, 0) is 29.8 Å². The molecule has 0 radical (unpaired) electrons. The topological polar surface area (TPSA) is 75.6 Å². The van der Waals surface area contributed by atoms with Gasteiger partial charge >= 0.3 is 5.97 Å². The van der Waals surface area contributed by atoms with E-state index in [4.69, 9.17) is 33.0 Å². The number of carbonyl (C=O) groups is 2. The van der Waals surface area contributed by atoms with Crippen molar-refractivity contribution < 1.29 is 19.4 Å². The lowest BCUT2D eigenvalue weighted by Gasteiger charge is -2.14. The monoisotopic (exact) mass is 329 g/mol. The third-order valence-electron chi connectivity index (χ3n) is 3.04. The van der Waals surface area contributed by atoms with Gasteiger partial charge < -0.3 is 15.2 Å². The summed E-state index contributed by atoms with van der Waals surface area (Å²) in [5, 5.41) is 12.5. The van der Waals surface area contributed by atoms with Crippen molar-refractivity contribution in [1.82, 2.24) is 5.32 Å². The highest BCUT2D eigenvalue weighted by molar-refractivity contribution is 6.34. The molecule has 2 unspecified atom stereocenters. The number of carboxylic acid groups (broad SMARTS) is 1. The van der Waals surface area contributed by atoms with E-state index >= 15 is 0 Å². The SMILES string of the molecule is O=C(C=Cc1cc(Cl)cc(Cl)c1)NC1COCC1C(=O)O. The van der Waals surface area contributed by atoms with Gasteiger partial charge in [-0.25, -0.2) is 0 Å². The van der Waals surface area contributed by atoms with Crippen LogP contribution in [0.4, 0.5) is 0 Å². The predicted molar refractivity (Wildman–Crippen MR) is 79.4 cm³/mol. The first kappa shape index (κ1) is 15.8. The number of carbonyl (C=O) groups excluding carboxylic acids is 1. The molecule has 21 heavy (non-hydrogen) atoms. The summed E-state index contributed by atoms with van der Waals surface area (Å²) in [5.74, 6) is -2.10. The van der Waals surface area contributed by atoms with Gasteiger partial charge in [0.1, 0.15) is 5.92 Å². The molecule has 2 rings (SSSR count). The quantitative estimate of drug-likeness (QED) is 0.830. The average molecular weight is 330 g/mol. The highest BCUT2D eigenvalue weighted by Gasteiger charge is 2.34. The van der Waals surface area contributed by atoms with Crippen LogP contribution in [0.2, 0.25) is 10.0 Å². The number of hydrogen-bond donors (Lipinski definition) is 2. The van der Waals surface area contributed by atoms with Gasteiger partial charge in [-0.3, -0.25) is 9.59 Å². The molecule has 0 aliphatic carbocycles. The van der Waals surface area contributed by atoms with E-state index in [1.165, 1.54) is 6.08 Å². The zero-order valence-corrected chi connectivity index (χ0v) is 12.4. The number of benzene rings is 1. The maximum Gasteiger partial charge on any atom is 0.311 e. The molecule has 112 valence electrons. The van der Waals surface area contributed by atoms with Crippen molar-refractivity contribution in [2.24, 2.45) is 5.92 Å². The highest BCUT2D eigenvalue weighted by Crippen LogP contribution is 2.20. The fraction of sp³-hybridized carbons (Fsp3) is 0.286. The van der Waals surface area contributed by atoms with Gasteiger partial charge in [-0.15, -0.1) is 0 Å². The van der Waals surface area contributed by atoms with Crippen molar-refractivity contribution in [3.63, 3.8) is 0 Å². The van der Waals surface area contributed by atoms with Crippen LogP contribution in [-0.2, 0) is 14.3 Å². The molecule has 1 aromatic carbocycles. The van der Waals surface area contributed by atoms with Gasteiger partial charge in [-0.2, -0.15) is 0 Å². The second-order valence-corrected chi connectivity index (χ2v) is 5.51. The first-order valence-corrected chi connectivity index (χ1v) is 6.96. The Labute approximate surface area is 131 Å². The summed E-state index contributed by atoms with van der Waals surface area (Å²) in [7, 11) is 0. The maximum atomic E-state index is 11.8. The van der Waals surface area contributed by atoms with Crippen LogP contribution in [0.1, 0.15) is 5.56 Å². The normalized spacial score (nSPS) is 21.6. The number of hydrogen-bond acceptors (Lipinski definition) is 3. The zero-order valence-electron chi connectivity index (χ0n) is 10.9. The molecule has 0 saturated carbocycles. The van der Waals surface area contributed by atoms with Crippen LogP contribution >= 0.6 is 23.2 Å². The number of aliphatic carboxylic acids is 1. The van der Waals surface area contributed by atoms with E-state index in [9.17, 15) is 9.59 Å². The Morgan fingerprint density at radius 1 is 1.24 bits per heavy atom. The molecule has 1 aliphatic heterocycles. The minimum atomic E-state index is -0.983. The molecule has 2 N–H and O–H groups in total. The Morgan fingerprint density at radius 3 is 2.52 bits per heavy atom. The Hall–Kier alpha value is -1.56. The molecule has 5 nitrogen and oxygen atoms in total. The maximum absolute atomic E-state index is 11.8. The number of rotatable bonds is 4. The van der Waals surface area contributed by atoms with E-state index in [-0.39, 0.29) is 13.2 Å². The number of amides is 1. The molecule has 1 aromatic rings. The van der Waals surface area contributed by atoms with Crippen LogP contribution in [0.3, 0.4) is 0 Å². The lowest BCUT2D eigenvalue weighted by Crippen LogP contribution is -2.41. The number of nitrogens with one attached hydrogen (secondary N) is 1. The van der Waals surface area contributed by atoms with Crippen LogP contribution in [-0.4, -0.2) is 36.2 Å². The van der Waals surface area contributed by atoms with Crippen molar-refractivity contribution in [3.8, 4) is 0 Å². The number of carboxylic acids is 1. The minimum Gasteiger partial charge on any atom is -0.481 e. The third-order valence-corrected chi connectivity index (χ3v) is 3.47. The molecule has 7 heteroatoms. The minimum absolute atomic E-state index is 0.105. The number of ether oxygens (including phenoxy) is 1. The summed E-state index contributed by atoms with van der Waals surface area (Å²) >= 11 is 11.7. The highest BCUT2D eigenvalue weighted by atomic mass is 35.5. The van der Waals surface area contributed by atoms with Gasteiger partial charge in [-0.1, -0.05) is 23.2 Å². The molecule has 1 heterocycles. The molecule has 0 bridgehead atoms. The van der Waals surface area contributed by atoms with Crippen molar-refractivity contribution >= 4 is 41.2 Å². The lowest BCUT2D eigenvalue weighted by atomic mass is 10.0. The second kappa shape index (κ2) is 6.93. The van der Waals surface area contributed by atoms with Crippen molar-refractivity contribution in [2.75, 3.05) is 13.2 Å². The van der Waals surface area contributed by atoms with Gasteiger partial charge in [0.15, 0.2) is 0 Å². The Morgan fingerprint density at radius 2 is 1.90 bits per heavy atom. The van der Waals surface area contributed by atoms with Crippen molar-refractivity contribution in [2.45, 2.75) is 6.04 Å². The van der Waals surface area contributed by atoms with Gasteiger partial charge in [0.2, 0.25) is 5.91 Å². The van der Waals surface area contributed by atoms with Gasteiger partial charge in [0.25, 0.3) is 0 Å². The standard InChI is InChI=1S/C14H13Cl2NO4/c15-9-3-8(4-10(16)5-9)1-2-13(18)17-12-7-21-6-11(12)14(19)20/h1-5,11-12H,6-7H2,(H,17,18)(H,19,20). The van der Waals surface area contributed by atoms with E-state index in [0.29, 0.717) is 15.6 Å². The van der Waals surface area contributed by atoms with Crippen LogP contribution in [0.5, 0.6) is 0 Å². The Balaban J connectivity index is 1.98. The molecule has 1 aliphatic rings. The summed E-state index contributed by atoms with van der Waals surface area (Å²) in [4.78, 5) is 22.8. The van der Waals surface area contributed by atoms with Crippen molar-refractivity contribution in [3.05, 3.63) is 39.9 Å². The van der Waals surface area contributed by atoms with E-state index in [0.717, 1.165) is 0 Å². The first-order valence-electron chi connectivity index (χ1n) is 6.21. The van der Waals surface area contributed by atoms with Crippen LogP contribution in [0, 0.1) is 5.92 Å². The molecular weight excluding hydrogens is 317 g/mol. The van der Waals surface area contributed by atoms with Crippen LogP contribution in [0.15, 0.2) is 24.3 Å². The summed E-state index contributed by atoms with van der Waals surface area (Å²) in [6.45, 7) is 0.299. The molecule has 0 aromatic heterocycles. The lowest BCUT2D eigenvalue weighted by molar-refractivity contribution is -0.142. The van der Waals surface area contributed by atoms with Crippen LogP contribution in [0.25, 0.3) is 6.08 Å². The summed E-state index contributed by atoms with van der Waals surface area (Å²) < 4.78 is 5.07. The molecule has 1 amide bonds. The second-order valence-electron chi connectivity index (χ2n) is 4.63. The van der Waals surface area contributed by atoms with E-state index in [1.807, 2.05) is 0 Å². The van der Waals surface area contributed by atoms with Gasteiger partial charge in [0.05, 0.1) is 19.3 Å². The van der Waals surface area contributed by atoms with E-state index < -0.39 is 23.8 Å². The predicted octanol–water partition coefficient (Wildman–Crippen LogP) is 2.22. The Kier molecular flexibility index (Phi) is 5.22. The Bertz CT molecular complexity index is 568. The summed E-state index contributed by atoms with van der Waals surface area (Å²) in [5.41, 5.74) is 0.681. The van der Waals surface area contributed by atoms with E-state index in [1.54, 1.807) is 24.3 Å². The molecule has 1 saturated heterocycles. The molecule has 0 spiro atoms. The fourth-order valence-corrected chi connectivity index (χ4v) is 2.56. The molecule has 1 fully saturated rings.